The SMILES string of the molecule is CC1C=C(C2(C(=O)O)CCNCC2)C=CC1. The highest BCUT2D eigenvalue weighted by atomic mass is 16.4. The first-order valence-electron chi connectivity index (χ1n) is 5.98. The highest BCUT2D eigenvalue weighted by Gasteiger charge is 2.42. The minimum atomic E-state index is -0.668. The van der Waals surface area contributed by atoms with Crippen LogP contribution in [0.15, 0.2) is 23.8 Å². The van der Waals surface area contributed by atoms with Gasteiger partial charge in [-0.15, -0.1) is 0 Å². The fraction of sp³-hybridized carbons (Fsp3) is 0.615. The van der Waals surface area contributed by atoms with Gasteiger partial charge < -0.3 is 10.4 Å². The molecule has 2 rings (SSSR count). The van der Waals surface area contributed by atoms with Gasteiger partial charge >= 0.3 is 5.97 Å². The molecule has 2 N–H and O–H groups in total. The van der Waals surface area contributed by atoms with Crippen molar-refractivity contribution in [3.05, 3.63) is 23.8 Å². The second-order valence-electron chi connectivity index (χ2n) is 4.87. The molecule has 16 heavy (non-hydrogen) atoms. The molecular weight excluding hydrogens is 202 g/mol. The Bertz CT molecular complexity index is 338. The molecule has 0 aromatic heterocycles. The van der Waals surface area contributed by atoms with Crippen LogP contribution in [0.5, 0.6) is 0 Å². The number of nitrogens with one attached hydrogen (secondary N) is 1. The van der Waals surface area contributed by atoms with Crippen molar-refractivity contribution in [2.45, 2.75) is 26.2 Å². The van der Waals surface area contributed by atoms with E-state index in [4.69, 9.17) is 0 Å². The topological polar surface area (TPSA) is 49.3 Å². The number of allylic oxidation sites excluding steroid dienone is 3. The molecule has 1 fully saturated rings. The number of hydrogen-bond acceptors (Lipinski definition) is 2. The predicted octanol–water partition coefficient (Wildman–Crippen LogP) is 1.96. The van der Waals surface area contributed by atoms with Crippen molar-refractivity contribution >= 4 is 5.97 Å². The summed E-state index contributed by atoms with van der Waals surface area (Å²) >= 11 is 0. The number of piperidine rings is 1. The van der Waals surface area contributed by atoms with Crippen LogP contribution in [-0.2, 0) is 4.79 Å². The Kier molecular flexibility index (Phi) is 3.15. The van der Waals surface area contributed by atoms with Gasteiger partial charge in [0.2, 0.25) is 0 Å². The lowest BCUT2D eigenvalue weighted by Gasteiger charge is -2.36. The predicted molar refractivity (Wildman–Crippen MR) is 63.2 cm³/mol. The Labute approximate surface area is 96.2 Å². The van der Waals surface area contributed by atoms with Crippen LogP contribution in [0.1, 0.15) is 26.2 Å². The third-order valence-corrected chi connectivity index (χ3v) is 3.69. The summed E-state index contributed by atoms with van der Waals surface area (Å²) in [4.78, 5) is 11.6. The number of aliphatic carboxylic acids is 1. The van der Waals surface area contributed by atoms with Gasteiger partial charge in [-0.3, -0.25) is 4.79 Å². The van der Waals surface area contributed by atoms with E-state index >= 15 is 0 Å². The minimum Gasteiger partial charge on any atom is -0.481 e. The van der Waals surface area contributed by atoms with Crippen LogP contribution in [0.3, 0.4) is 0 Å². The number of carbonyl (C=O) groups is 1. The number of carboxylic acids is 1. The van der Waals surface area contributed by atoms with Crippen molar-refractivity contribution in [2.75, 3.05) is 13.1 Å². The fourth-order valence-electron chi connectivity index (χ4n) is 2.64. The minimum absolute atomic E-state index is 0.464. The summed E-state index contributed by atoms with van der Waals surface area (Å²) in [6, 6.07) is 0. The van der Waals surface area contributed by atoms with Crippen LogP contribution in [-0.4, -0.2) is 24.2 Å². The normalized spacial score (nSPS) is 28.6. The summed E-state index contributed by atoms with van der Waals surface area (Å²) in [5, 5.41) is 12.8. The Morgan fingerprint density at radius 1 is 1.50 bits per heavy atom. The van der Waals surface area contributed by atoms with Gasteiger partial charge in [-0.1, -0.05) is 25.2 Å². The first-order chi connectivity index (χ1) is 7.65. The monoisotopic (exact) mass is 221 g/mol. The molecule has 0 saturated carbocycles. The Balaban J connectivity index is 2.31. The molecule has 0 aromatic carbocycles. The van der Waals surface area contributed by atoms with Crippen LogP contribution in [0.2, 0.25) is 0 Å². The van der Waals surface area contributed by atoms with Gasteiger partial charge in [0, 0.05) is 0 Å². The summed E-state index contributed by atoms with van der Waals surface area (Å²) in [6.45, 7) is 3.73. The summed E-state index contributed by atoms with van der Waals surface area (Å²) in [5.41, 5.74) is 0.372. The van der Waals surface area contributed by atoms with E-state index in [9.17, 15) is 9.90 Å². The zero-order valence-corrected chi connectivity index (χ0v) is 9.70. The fourth-order valence-corrected chi connectivity index (χ4v) is 2.64. The van der Waals surface area contributed by atoms with E-state index in [1.54, 1.807) is 0 Å². The quantitative estimate of drug-likeness (QED) is 0.749. The number of hydrogen-bond donors (Lipinski definition) is 2. The van der Waals surface area contributed by atoms with E-state index in [1.807, 2.05) is 6.08 Å². The van der Waals surface area contributed by atoms with Crippen LogP contribution in [0.4, 0.5) is 0 Å². The Hall–Kier alpha value is -1.09. The molecular formula is C13H19NO2. The second kappa shape index (κ2) is 4.42. The molecule has 1 aliphatic heterocycles. The Morgan fingerprint density at radius 2 is 2.19 bits per heavy atom. The zero-order valence-electron chi connectivity index (χ0n) is 9.70. The van der Waals surface area contributed by atoms with Crippen LogP contribution in [0, 0.1) is 11.3 Å². The molecule has 3 heteroatoms. The maximum atomic E-state index is 11.6. The first kappa shape index (κ1) is 11.4. The second-order valence-corrected chi connectivity index (χ2v) is 4.87. The van der Waals surface area contributed by atoms with E-state index in [-0.39, 0.29) is 0 Å². The number of carboxylic acid groups (broad SMARTS) is 1. The first-order valence-corrected chi connectivity index (χ1v) is 5.98. The lowest BCUT2D eigenvalue weighted by Crippen LogP contribution is -2.43. The van der Waals surface area contributed by atoms with Gasteiger partial charge in [-0.2, -0.15) is 0 Å². The van der Waals surface area contributed by atoms with E-state index in [0.717, 1.165) is 25.1 Å². The van der Waals surface area contributed by atoms with E-state index in [0.29, 0.717) is 18.8 Å². The highest BCUT2D eigenvalue weighted by Crippen LogP contribution is 2.40. The molecule has 1 atom stereocenters. The summed E-state index contributed by atoms with van der Waals surface area (Å²) < 4.78 is 0. The van der Waals surface area contributed by atoms with Crippen molar-refractivity contribution in [1.29, 1.82) is 0 Å². The molecule has 1 saturated heterocycles. The van der Waals surface area contributed by atoms with Crippen molar-refractivity contribution in [1.82, 2.24) is 5.32 Å². The molecule has 0 radical (unpaired) electrons. The maximum absolute atomic E-state index is 11.6. The molecule has 0 bridgehead atoms. The van der Waals surface area contributed by atoms with Gasteiger partial charge in [0.25, 0.3) is 0 Å². The zero-order chi connectivity index (χ0) is 11.6. The van der Waals surface area contributed by atoms with Crippen LogP contribution >= 0.6 is 0 Å². The van der Waals surface area contributed by atoms with Crippen molar-refractivity contribution < 1.29 is 9.90 Å². The van der Waals surface area contributed by atoms with Gasteiger partial charge in [0.1, 0.15) is 0 Å². The highest BCUT2D eigenvalue weighted by molar-refractivity contribution is 5.80. The third kappa shape index (κ3) is 1.92. The smallest absolute Gasteiger partial charge is 0.314 e. The van der Waals surface area contributed by atoms with Crippen LogP contribution < -0.4 is 5.32 Å². The van der Waals surface area contributed by atoms with Gasteiger partial charge in [-0.05, 0) is 43.8 Å². The largest absolute Gasteiger partial charge is 0.481 e. The molecule has 1 heterocycles. The maximum Gasteiger partial charge on any atom is 0.314 e. The van der Waals surface area contributed by atoms with E-state index in [1.165, 1.54) is 0 Å². The molecule has 1 aliphatic carbocycles. The average molecular weight is 221 g/mol. The van der Waals surface area contributed by atoms with Gasteiger partial charge in [-0.25, -0.2) is 0 Å². The van der Waals surface area contributed by atoms with E-state index < -0.39 is 11.4 Å². The van der Waals surface area contributed by atoms with Crippen LogP contribution in [0.25, 0.3) is 0 Å². The molecule has 0 spiro atoms. The van der Waals surface area contributed by atoms with Crippen molar-refractivity contribution in [3.8, 4) is 0 Å². The molecule has 2 aliphatic rings. The van der Waals surface area contributed by atoms with Crippen molar-refractivity contribution in [3.63, 3.8) is 0 Å². The number of rotatable bonds is 2. The summed E-state index contributed by atoms with van der Waals surface area (Å²) in [6.07, 6.45) is 8.68. The molecule has 1 unspecified atom stereocenters. The third-order valence-electron chi connectivity index (χ3n) is 3.69. The van der Waals surface area contributed by atoms with E-state index in [2.05, 4.69) is 24.4 Å². The molecule has 88 valence electrons. The molecule has 0 aromatic rings. The lowest BCUT2D eigenvalue weighted by atomic mass is 9.70. The van der Waals surface area contributed by atoms with Crippen molar-refractivity contribution in [2.24, 2.45) is 11.3 Å². The molecule has 3 nitrogen and oxygen atoms in total. The summed E-state index contributed by atoms with van der Waals surface area (Å²) in [5.74, 6) is -0.204. The standard InChI is InChI=1S/C13H19NO2/c1-10-3-2-4-11(9-10)13(12(15)16)5-7-14-8-6-13/h2,4,9-10,14H,3,5-8H2,1H3,(H,15,16). The molecule has 0 amide bonds. The van der Waals surface area contributed by atoms with Gasteiger partial charge in [0.15, 0.2) is 0 Å². The average Bonchev–Trinajstić information content (AvgIpc) is 2.30. The summed E-state index contributed by atoms with van der Waals surface area (Å²) in [7, 11) is 0. The lowest BCUT2D eigenvalue weighted by molar-refractivity contribution is -0.147. The Morgan fingerprint density at radius 3 is 2.75 bits per heavy atom. The van der Waals surface area contributed by atoms with Gasteiger partial charge in [0.05, 0.1) is 5.41 Å².